The number of carbonyl (C=O) groups excluding carboxylic acids is 1. The van der Waals surface area contributed by atoms with Crippen molar-refractivity contribution in [2.75, 3.05) is 20.6 Å². The Balaban J connectivity index is 1.70. The number of carbonyl (C=O) groups is 1. The summed E-state index contributed by atoms with van der Waals surface area (Å²) in [5, 5.41) is 11.4. The zero-order valence-corrected chi connectivity index (χ0v) is 17.0. The molecule has 2 aromatic rings. The van der Waals surface area contributed by atoms with E-state index in [0.717, 1.165) is 36.6 Å². The highest BCUT2D eigenvalue weighted by molar-refractivity contribution is 5.85. The van der Waals surface area contributed by atoms with Crippen molar-refractivity contribution in [2.24, 2.45) is 4.99 Å². The minimum absolute atomic E-state index is 0.0358. The molecule has 0 radical (unpaired) electrons. The molecule has 1 aliphatic rings. The highest BCUT2D eigenvalue weighted by Crippen LogP contribution is 2.14. The number of aromatic nitrogens is 3. The van der Waals surface area contributed by atoms with Crippen LogP contribution in [0.1, 0.15) is 36.6 Å². The molecule has 0 bridgehead atoms. The Bertz CT molecular complexity index is 828. The van der Waals surface area contributed by atoms with Gasteiger partial charge in [0.05, 0.1) is 12.6 Å². The summed E-state index contributed by atoms with van der Waals surface area (Å²) in [5.41, 5.74) is 1.16. The zero-order valence-electron chi connectivity index (χ0n) is 17.0. The third-order valence-electron chi connectivity index (χ3n) is 4.83. The summed E-state index contributed by atoms with van der Waals surface area (Å²) in [4.78, 5) is 22.5. The van der Waals surface area contributed by atoms with Crippen LogP contribution in [-0.4, -0.2) is 58.2 Å². The molecule has 8 nitrogen and oxygen atoms in total. The normalized spacial score (nSPS) is 17.6. The first-order valence-corrected chi connectivity index (χ1v) is 9.65. The maximum absolute atomic E-state index is 12.0. The minimum atomic E-state index is -0.0358. The lowest BCUT2D eigenvalue weighted by atomic mass is 10.1. The first kappa shape index (κ1) is 19.9. The van der Waals surface area contributed by atoms with E-state index >= 15 is 0 Å². The number of nitrogens with zero attached hydrogens (tertiary/aromatic N) is 5. The van der Waals surface area contributed by atoms with Gasteiger partial charge in [-0.2, -0.15) is 5.10 Å². The molecule has 1 amide bonds. The summed E-state index contributed by atoms with van der Waals surface area (Å²) in [5.74, 6) is 2.43. The largest absolute Gasteiger partial charge is 0.352 e. The molecule has 0 spiro atoms. The number of likely N-dealkylation sites (N-methyl/N-ethyl adjacent to an activating group) is 1. The average molecular weight is 384 g/mol. The van der Waals surface area contributed by atoms with Crippen molar-refractivity contribution in [2.45, 2.75) is 45.3 Å². The lowest BCUT2D eigenvalue weighted by molar-refractivity contribution is -0.127. The first-order chi connectivity index (χ1) is 13.4. The van der Waals surface area contributed by atoms with Crippen molar-refractivity contribution < 1.29 is 4.79 Å². The molecular formula is C20H29N7O. The van der Waals surface area contributed by atoms with E-state index in [1.807, 2.05) is 29.8 Å². The van der Waals surface area contributed by atoms with E-state index < -0.39 is 0 Å². The van der Waals surface area contributed by atoms with Crippen LogP contribution in [0.15, 0.2) is 35.3 Å². The molecule has 28 heavy (non-hydrogen) atoms. The fourth-order valence-corrected chi connectivity index (χ4v) is 3.20. The number of hydrogen-bond donors (Lipinski definition) is 2. The number of benzene rings is 1. The number of amides is 1. The van der Waals surface area contributed by atoms with Gasteiger partial charge in [-0.05, 0) is 25.8 Å². The van der Waals surface area contributed by atoms with Gasteiger partial charge >= 0.3 is 0 Å². The van der Waals surface area contributed by atoms with Crippen LogP contribution in [0, 0.1) is 6.92 Å². The summed E-state index contributed by atoms with van der Waals surface area (Å²) in [6.45, 7) is 4.83. The summed E-state index contributed by atoms with van der Waals surface area (Å²) >= 11 is 0. The molecule has 1 aromatic carbocycles. The quantitative estimate of drug-likeness (QED) is 0.600. The molecule has 0 saturated heterocycles. The van der Waals surface area contributed by atoms with Crippen LogP contribution in [0.4, 0.5) is 0 Å². The number of aliphatic imine (C=N–C) groups is 1. The molecular weight excluding hydrogens is 354 g/mol. The number of aryl methyl sites for hydroxylation is 2. The summed E-state index contributed by atoms with van der Waals surface area (Å²) in [7, 11) is 3.47. The zero-order chi connectivity index (χ0) is 20.1. The Morgan fingerprint density at radius 3 is 2.82 bits per heavy atom. The van der Waals surface area contributed by atoms with E-state index in [-0.39, 0.29) is 24.5 Å². The second-order valence-corrected chi connectivity index (χ2v) is 7.37. The van der Waals surface area contributed by atoms with Gasteiger partial charge in [0, 0.05) is 26.6 Å². The molecule has 150 valence electrons. The predicted octanol–water partition coefficient (Wildman–Crippen LogP) is 1.29. The first-order valence-electron chi connectivity index (χ1n) is 9.65. The van der Waals surface area contributed by atoms with Crippen LogP contribution < -0.4 is 10.6 Å². The monoisotopic (exact) mass is 383 g/mol. The standard InChI is InChI=1S/C20H29N7O/c1-14(16-8-6-5-7-9-16)22-20(21-12-19(28)26(3)4)24-17-10-11-18-23-15(2)25-27(18)13-17/h5-9,14,17H,10-13H2,1-4H3,(H2,21,22,24). The molecule has 0 aliphatic carbocycles. The van der Waals surface area contributed by atoms with Gasteiger partial charge in [0.1, 0.15) is 18.2 Å². The van der Waals surface area contributed by atoms with Crippen LogP contribution in [-0.2, 0) is 17.8 Å². The smallest absolute Gasteiger partial charge is 0.243 e. The summed E-state index contributed by atoms with van der Waals surface area (Å²) in [6, 6.07) is 10.4. The van der Waals surface area contributed by atoms with Crippen molar-refractivity contribution in [3.8, 4) is 0 Å². The third-order valence-corrected chi connectivity index (χ3v) is 4.83. The summed E-state index contributed by atoms with van der Waals surface area (Å²) < 4.78 is 1.96. The summed E-state index contributed by atoms with van der Waals surface area (Å²) in [6.07, 6.45) is 1.82. The number of hydrogen-bond acceptors (Lipinski definition) is 4. The molecule has 2 unspecified atom stereocenters. The molecule has 2 atom stereocenters. The predicted molar refractivity (Wildman–Crippen MR) is 109 cm³/mol. The second-order valence-electron chi connectivity index (χ2n) is 7.37. The molecule has 3 rings (SSSR count). The van der Waals surface area contributed by atoms with Gasteiger partial charge in [0.25, 0.3) is 0 Å². The van der Waals surface area contributed by atoms with Gasteiger partial charge in [0.2, 0.25) is 5.91 Å². The van der Waals surface area contributed by atoms with Crippen LogP contribution >= 0.6 is 0 Å². The van der Waals surface area contributed by atoms with Gasteiger partial charge in [-0.3, -0.25) is 4.79 Å². The highest BCUT2D eigenvalue weighted by Gasteiger charge is 2.22. The van der Waals surface area contributed by atoms with Crippen molar-refractivity contribution in [3.05, 3.63) is 47.5 Å². The molecule has 8 heteroatoms. The lowest BCUT2D eigenvalue weighted by Crippen LogP contribution is -2.48. The highest BCUT2D eigenvalue weighted by atomic mass is 16.2. The lowest BCUT2D eigenvalue weighted by Gasteiger charge is -2.27. The Kier molecular flexibility index (Phi) is 6.28. The van der Waals surface area contributed by atoms with Crippen molar-refractivity contribution in [1.29, 1.82) is 0 Å². The van der Waals surface area contributed by atoms with E-state index in [4.69, 9.17) is 0 Å². The minimum Gasteiger partial charge on any atom is -0.352 e. The fourth-order valence-electron chi connectivity index (χ4n) is 3.20. The Morgan fingerprint density at radius 1 is 1.36 bits per heavy atom. The SMILES string of the molecule is Cc1nc2n(n1)CC(NC(=NCC(=O)N(C)C)NC(C)c1ccccc1)CC2. The topological polar surface area (TPSA) is 87.4 Å². The number of nitrogens with one attached hydrogen (secondary N) is 2. The van der Waals surface area contributed by atoms with E-state index in [1.54, 1.807) is 19.0 Å². The Hall–Kier alpha value is -2.90. The molecule has 2 N–H and O–H groups in total. The molecule has 1 aliphatic heterocycles. The number of fused-ring (bicyclic) bond motifs is 1. The fraction of sp³-hybridized carbons (Fsp3) is 0.500. The average Bonchev–Trinajstić information content (AvgIpc) is 3.05. The number of guanidine groups is 1. The van der Waals surface area contributed by atoms with Gasteiger partial charge in [-0.1, -0.05) is 30.3 Å². The Labute approximate surface area is 166 Å². The maximum Gasteiger partial charge on any atom is 0.243 e. The van der Waals surface area contributed by atoms with Crippen LogP contribution in [0.25, 0.3) is 0 Å². The van der Waals surface area contributed by atoms with E-state index in [2.05, 4.69) is 44.8 Å². The Morgan fingerprint density at radius 2 is 2.11 bits per heavy atom. The van der Waals surface area contributed by atoms with Crippen LogP contribution in [0.2, 0.25) is 0 Å². The van der Waals surface area contributed by atoms with Crippen molar-refractivity contribution >= 4 is 11.9 Å². The van der Waals surface area contributed by atoms with Gasteiger partial charge in [-0.15, -0.1) is 0 Å². The molecule has 2 heterocycles. The second kappa shape index (κ2) is 8.86. The van der Waals surface area contributed by atoms with Crippen molar-refractivity contribution in [3.63, 3.8) is 0 Å². The van der Waals surface area contributed by atoms with E-state index in [0.29, 0.717) is 5.96 Å². The molecule has 0 fully saturated rings. The van der Waals surface area contributed by atoms with Gasteiger partial charge in [-0.25, -0.2) is 14.7 Å². The van der Waals surface area contributed by atoms with Crippen molar-refractivity contribution in [1.82, 2.24) is 30.3 Å². The molecule has 1 aromatic heterocycles. The number of rotatable bonds is 5. The van der Waals surface area contributed by atoms with Gasteiger partial charge in [0.15, 0.2) is 5.96 Å². The van der Waals surface area contributed by atoms with E-state index in [1.165, 1.54) is 0 Å². The molecule has 0 saturated carbocycles. The van der Waals surface area contributed by atoms with E-state index in [9.17, 15) is 4.79 Å². The van der Waals surface area contributed by atoms with Gasteiger partial charge < -0.3 is 15.5 Å². The van der Waals surface area contributed by atoms with Crippen LogP contribution in [0.3, 0.4) is 0 Å². The maximum atomic E-state index is 12.0. The third kappa shape index (κ3) is 5.09. The van der Waals surface area contributed by atoms with Crippen LogP contribution in [0.5, 0.6) is 0 Å².